The summed E-state index contributed by atoms with van der Waals surface area (Å²) in [7, 11) is 0. The van der Waals surface area contributed by atoms with E-state index in [4.69, 9.17) is 11.1 Å². The summed E-state index contributed by atoms with van der Waals surface area (Å²) in [4.78, 5) is 11.1. The first-order valence-corrected chi connectivity index (χ1v) is 4.07. The summed E-state index contributed by atoms with van der Waals surface area (Å²) < 4.78 is 25.2. The molecule has 0 saturated carbocycles. The van der Waals surface area contributed by atoms with Crippen molar-refractivity contribution in [3.8, 4) is 0 Å². The zero-order chi connectivity index (χ0) is 11.4. The van der Waals surface area contributed by atoms with E-state index >= 15 is 0 Å². The van der Waals surface area contributed by atoms with Crippen LogP contribution in [0.15, 0.2) is 18.2 Å². The maximum absolute atomic E-state index is 12.7. The Kier molecular flexibility index (Phi) is 3.33. The van der Waals surface area contributed by atoms with Crippen molar-refractivity contribution < 1.29 is 13.6 Å². The fourth-order valence-electron chi connectivity index (χ4n) is 0.952. The fourth-order valence-corrected chi connectivity index (χ4v) is 0.952. The summed E-state index contributed by atoms with van der Waals surface area (Å²) in [6, 6.07) is 2.97. The van der Waals surface area contributed by atoms with E-state index in [1.165, 1.54) is 6.07 Å². The van der Waals surface area contributed by atoms with Gasteiger partial charge in [0.05, 0.1) is 6.42 Å². The van der Waals surface area contributed by atoms with Gasteiger partial charge in [-0.25, -0.2) is 8.78 Å². The van der Waals surface area contributed by atoms with Crippen LogP contribution >= 0.6 is 0 Å². The molecule has 0 aliphatic carbocycles. The molecule has 1 aromatic rings. The van der Waals surface area contributed by atoms with Gasteiger partial charge in [-0.3, -0.25) is 10.2 Å². The van der Waals surface area contributed by atoms with Crippen LogP contribution < -0.4 is 11.1 Å². The largest absolute Gasteiger partial charge is 0.387 e. The second-order valence-corrected chi connectivity index (χ2v) is 2.88. The molecule has 0 radical (unpaired) electrons. The van der Waals surface area contributed by atoms with Crippen molar-refractivity contribution in [2.45, 2.75) is 6.42 Å². The van der Waals surface area contributed by atoms with Crippen molar-refractivity contribution in [3.63, 3.8) is 0 Å². The van der Waals surface area contributed by atoms with E-state index < -0.39 is 17.5 Å². The maximum atomic E-state index is 12.7. The Morgan fingerprint density at radius 3 is 2.60 bits per heavy atom. The van der Waals surface area contributed by atoms with Crippen LogP contribution in [0.2, 0.25) is 0 Å². The number of hydrogen-bond donors (Lipinski definition) is 3. The first kappa shape index (κ1) is 11.1. The van der Waals surface area contributed by atoms with Crippen molar-refractivity contribution in [1.82, 2.24) is 0 Å². The Balaban J connectivity index is 2.69. The SMILES string of the molecule is N=C(N)CC(=O)Nc1ccc(F)c(F)c1. The molecule has 0 fully saturated rings. The first-order chi connectivity index (χ1) is 6.99. The van der Waals surface area contributed by atoms with Crippen molar-refractivity contribution in [1.29, 1.82) is 5.41 Å². The quantitative estimate of drug-likeness (QED) is 0.521. The third kappa shape index (κ3) is 3.34. The molecular weight excluding hydrogens is 204 g/mol. The van der Waals surface area contributed by atoms with Crippen molar-refractivity contribution in [2.75, 3.05) is 5.32 Å². The Bertz CT molecular complexity index is 406. The topological polar surface area (TPSA) is 79.0 Å². The average Bonchev–Trinajstić information content (AvgIpc) is 2.10. The molecule has 0 unspecified atom stereocenters. The molecule has 0 heterocycles. The number of rotatable bonds is 3. The number of amides is 1. The van der Waals surface area contributed by atoms with Gasteiger partial charge in [-0.2, -0.15) is 0 Å². The van der Waals surface area contributed by atoms with Gasteiger partial charge in [0.2, 0.25) is 5.91 Å². The lowest BCUT2D eigenvalue weighted by atomic mass is 10.3. The van der Waals surface area contributed by atoms with Crippen LogP contribution in [-0.4, -0.2) is 11.7 Å². The highest BCUT2D eigenvalue weighted by atomic mass is 19.2. The Hall–Kier alpha value is -1.98. The van der Waals surface area contributed by atoms with Gasteiger partial charge in [-0.05, 0) is 12.1 Å². The zero-order valence-corrected chi connectivity index (χ0v) is 7.68. The second kappa shape index (κ2) is 4.50. The average molecular weight is 213 g/mol. The van der Waals surface area contributed by atoms with Crippen LogP contribution in [-0.2, 0) is 4.79 Å². The Morgan fingerprint density at radius 2 is 2.07 bits per heavy atom. The highest BCUT2D eigenvalue weighted by Gasteiger charge is 2.06. The number of amidine groups is 1. The normalized spacial score (nSPS) is 9.73. The minimum Gasteiger partial charge on any atom is -0.387 e. The highest BCUT2D eigenvalue weighted by Crippen LogP contribution is 2.13. The fraction of sp³-hybridized carbons (Fsp3) is 0.111. The smallest absolute Gasteiger partial charge is 0.231 e. The van der Waals surface area contributed by atoms with Gasteiger partial charge in [-0.1, -0.05) is 0 Å². The molecule has 6 heteroatoms. The monoisotopic (exact) mass is 213 g/mol. The molecule has 0 aliphatic rings. The van der Waals surface area contributed by atoms with Gasteiger partial charge in [0.15, 0.2) is 11.6 Å². The second-order valence-electron chi connectivity index (χ2n) is 2.88. The number of hydrogen-bond acceptors (Lipinski definition) is 2. The van der Waals surface area contributed by atoms with Crippen molar-refractivity contribution in [2.24, 2.45) is 5.73 Å². The van der Waals surface area contributed by atoms with Gasteiger partial charge < -0.3 is 11.1 Å². The molecule has 0 spiro atoms. The van der Waals surface area contributed by atoms with Crippen molar-refractivity contribution in [3.05, 3.63) is 29.8 Å². The lowest BCUT2D eigenvalue weighted by molar-refractivity contribution is -0.115. The number of nitrogens with one attached hydrogen (secondary N) is 2. The molecule has 80 valence electrons. The molecule has 4 nitrogen and oxygen atoms in total. The first-order valence-electron chi connectivity index (χ1n) is 4.07. The molecule has 1 rings (SSSR count). The Labute approximate surface area is 84.6 Å². The van der Waals surface area contributed by atoms with E-state index in [1.807, 2.05) is 0 Å². The third-order valence-electron chi connectivity index (χ3n) is 1.55. The maximum Gasteiger partial charge on any atom is 0.231 e. The summed E-state index contributed by atoms with van der Waals surface area (Å²) in [6.45, 7) is 0. The summed E-state index contributed by atoms with van der Waals surface area (Å²) >= 11 is 0. The zero-order valence-electron chi connectivity index (χ0n) is 7.68. The summed E-state index contributed by atoms with van der Waals surface area (Å²) in [5.41, 5.74) is 5.11. The van der Waals surface area contributed by atoms with Gasteiger partial charge in [0.1, 0.15) is 5.84 Å². The molecule has 15 heavy (non-hydrogen) atoms. The predicted octanol–water partition coefficient (Wildman–Crippen LogP) is 1.23. The van der Waals surface area contributed by atoms with Gasteiger partial charge in [0.25, 0.3) is 0 Å². The van der Waals surface area contributed by atoms with Gasteiger partial charge >= 0.3 is 0 Å². The van der Waals surface area contributed by atoms with Crippen molar-refractivity contribution >= 4 is 17.4 Å². The molecule has 0 bridgehead atoms. The minimum absolute atomic E-state index is 0.125. The van der Waals surface area contributed by atoms with Crippen LogP contribution in [0.1, 0.15) is 6.42 Å². The predicted molar refractivity (Wildman–Crippen MR) is 51.5 cm³/mol. The van der Waals surface area contributed by atoms with Crippen LogP contribution in [0, 0.1) is 17.0 Å². The van der Waals surface area contributed by atoms with E-state index in [2.05, 4.69) is 5.32 Å². The number of halogens is 2. The van der Waals surface area contributed by atoms with Gasteiger partial charge in [-0.15, -0.1) is 0 Å². The molecule has 4 N–H and O–H groups in total. The van der Waals surface area contributed by atoms with E-state index in [9.17, 15) is 13.6 Å². The highest BCUT2D eigenvalue weighted by molar-refractivity contribution is 6.03. The van der Waals surface area contributed by atoms with Crippen LogP contribution in [0.25, 0.3) is 0 Å². The van der Waals surface area contributed by atoms with E-state index in [0.717, 1.165) is 12.1 Å². The standard InChI is InChI=1S/C9H9F2N3O/c10-6-2-1-5(3-7(6)11)14-9(15)4-8(12)13/h1-3H,4H2,(H3,12,13)(H,14,15). The van der Waals surface area contributed by atoms with Crippen LogP contribution in [0.4, 0.5) is 14.5 Å². The number of nitrogens with two attached hydrogens (primary N) is 1. The van der Waals surface area contributed by atoms with E-state index in [-0.39, 0.29) is 17.9 Å². The summed E-state index contributed by atoms with van der Waals surface area (Å²) in [5, 5.41) is 9.12. The van der Waals surface area contributed by atoms with Gasteiger partial charge in [0, 0.05) is 11.8 Å². The molecule has 0 aliphatic heterocycles. The lowest BCUT2D eigenvalue weighted by Gasteiger charge is -2.04. The Morgan fingerprint density at radius 1 is 1.40 bits per heavy atom. The molecule has 1 amide bonds. The third-order valence-corrected chi connectivity index (χ3v) is 1.55. The van der Waals surface area contributed by atoms with E-state index in [0.29, 0.717) is 0 Å². The number of benzene rings is 1. The number of carbonyl (C=O) groups excluding carboxylic acids is 1. The number of carbonyl (C=O) groups is 1. The van der Waals surface area contributed by atoms with E-state index in [1.54, 1.807) is 0 Å². The number of anilines is 1. The lowest BCUT2D eigenvalue weighted by Crippen LogP contribution is -2.21. The summed E-state index contributed by atoms with van der Waals surface area (Å²) in [6.07, 6.45) is -0.279. The van der Waals surface area contributed by atoms with Crippen LogP contribution in [0.3, 0.4) is 0 Å². The minimum atomic E-state index is -1.05. The molecule has 0 atom stereocenters. The molecule has 0 saturated heterocycles. The summed E-state index contributed by atoms with van der Waals surface area (Å²) in [5.74, 6) is -2.88. The molecule has 1 aromatic carbocycles. The molecule has 0 aromatic heterocycles. The molecular formula is C9H9F2N3O. The van der Waals surface area contributed by atoms with Crippen LogP contribution in [0.5, 0.6) is 0 Å².